The number of anilines is 1. The summed E-state index contributed by atoms with van der Waals surface area (Å²) in [4.78, 5) is 53.4. The molecule has 1 saturated heterocycles. The summed E-state index contributed by atoms with van der Waals surface area (Å²) in [6.45, 7) is 0. The molecule has 1 unspecified atom stereocenters. The second-order valence-corrected chi connectivity index (χ2v) is 7.45. The topological polar surface area (TPSA) is 97.1 Å². The molecule has 0 N–H and O–H groups in total. The van der Waals surface area contributed by atoms with Crippen LogP contribution in [-0.2, 0) is 14.3 Å². The van der Waals surface area contributed by atoms with Crippen LogP contribution in [0.1, 0.15) is 53.0 Å². The van der Waals surface area contributed by atoms with E-state index in [1.165, 1.54) is 42.5 Å². The minimum atomic E-state index is -0.876. The van der Waals surface area contributed by atoms with Crippen molar-refractivity contribution in [3.63, 3.8) is 0 Å². The molecule has 0 spiro atoms. The van der Waals surface area contributed by atoms with Crippen LogP contribution in [0.25, 0.3) is 0 Å². The quantitative estimate of drug-likeness (QED) is 0.555. The molecule has 8 nitrogen and oxygen atoms in total. The van der Waals surface area contributed by atoms with E-state index >= 15 is 0 Å². The third kappa shape index (κ3) is 3.49. The maximum atomic E-state index is 13.3. The smallest absolute Gasteiger partial charge is 0.337 e. The van der Waals surface area contributed by atoms with Crippen LogP contribution in [0.3, 0.4) is 0 Å². The summed E-state index contributed by atoms with van der Waals surface area (Å²) in [5, 5.41) is 0. The monoisotopic (exact) mass is 410 g/mol. The van der Waals surface area contributed by atoms with Crippen LogP contribution in [0, 0.1) is 0 Å². The molecule has 1 atom stereocenters. The number of hydrogen-bond donors (Lipinski definition) is 0. The number of nitrogens with zero attached hydrogens (tertiary/aromatic N) is 2. The first-order valence-corrected chi connectivity index (χ1v) is 9.92. The van der Waals surface area contributed by atoms with Gasteiger partial charge in [0.15, 0.2) is 5.76 Å². The lowest BCUT2D eigenvalue weighted by molar-refractivity contribution is -0.123. The van der Waals surface area contributed by atoms with Crippen molar-refractivity contribution in [2.75, 3.05) is 12.0 Å². The lowest BCUT2D eigenvalue weighted by Crippen LogP contribution is -2.50. The van der Waals surface area contributed by atoms with E-state index in [9.17, 15) is 19.2 Å². The van der Waals surface area contributed by atoms with Crippen LogP contribution >= 0.6 is 0 Å². The molecule has 1 saturated carbocycles. The Bertz CT molecular complexity index is 960. The summed E-state index contributed by atoms with van der Waals surface area (Å²) in [6.07, 6.45) is 4.86. The predicted molar refractivity (Wildman–Crippen MR) is 106 cm³/mol. The van der Waals surface area contributed by atoms with E-state index < -0.39 is 17.9 Å². The van der Waals surface area contributed by atoms with E-state index in [1.54, 1.807) is 12.1 Å². The Hall–Kier alpha value is -3.42. The van der Waals surface area contributed by atoms with E-state index in [4.69, 9.17) is 4.42 Å². The highest BCUT2D eigenvalue weighted by atomic mass is 16.5. The van der Waals surface area contributed by atoms with E-state index in [0.717, 1.165) is 30.6 Å². The van der Waals surface area contributed by atoms with Crippen molar-refractivity contribution in [2.45, 2.75) is 44.2 Å². The van der Waals surface area contributed by atoms with E-state index in [-0.39, 0.29) is 30.0 Å². The van der Waals surface area contributed by atoms with E-state index in [0.29, 0.717) is 11.3 Å². The molecule has 1 aromatic carbocycles. The zero-order valence-corrected chi connectivity index (χ0v) is 16.6. The maximum absolute atomic E-state index is 13.3. The standard InChI is InChI=1S/C22H22N2O6/c1-29-22(28)14-8-10-16(11-9-14)24-19(25)13-17(20(24)26)23(15-5-2-3-6-15)21(27)18-7-4-12-30-18/h4,7-12,15,17H,2-3,5-6,13H2,1H3. The van der Waals surface area contributed by atoms with Crippen molar-refractivity contribution >= 4 is 29.4 Å². The van der Waals surface area contributed by atoms with Gasteiger partial charge < -0.3 is 14.1 Å². The SMILES string of the molecule is COC(=O)c1ccc(N2C(=O)CC(N(C(=O)c3ccco3)C3CCCC3)C2=O)cc1. The fraction of sp³-hybridized carbons (Fsp3) is 0.364. The first kappa shape index (κ1) is 19.9. The van der Waals surface area contributed by atoms with Gasteiger partial charge in [-0.2, -0.15) is 0 Å². The summed E-state index contributed by atoms with van der Waals surface area (Å²) in [6, 6.07) is 8.25. The molecule has 0 radical (unpaired) electrons. The Morgan fingerprint density at radius 2 is 1.80 bits per heavy atom. The summed E-state index contributed by atoms with van der Waals surface area (Å²) in [5.41, 5.74) is 0.675. The van der Waals surface area contributed by atoms with Crippen molar-refractivity contribution in [2.24, 2.45) is 0 Å². The molecule has 8 heteroatoms. The Morgan fingerprint density at radius 1 is 1.10 bits per heavy atom. The van der Waals surface area contributed by atoms with E-state index in [2.05, 4.69) is 4.74 Å². The molecular weight excluding hydrogens is 388 g/mol. The van der Waals surface area contributed by atoms with Crippen LogP contribution in [0.4, 0.5) is 5.69 Å². The summed E-state index contributed by atoms with van der Waals surface area (Å²) < 4.78 is 9.94. The van der Waals surface area contributed by atoms with Gasteiger partial charge in [0, 0.05) is 6.04 Å². The van der Waals surface area contributed by atoms with Crippen LogP contribution in [0.15, 0.2) is 47.1 Å². The Balaban J connectivity index is 1.62. The number of imide groups is 1. The van der Waals surface area contributed by atoms with Gasteiger partial charge in [0.05, 0.1) is 31.0 Å². The molecule has 156 valence electrons. The lowest BCUT2D eigenvalue weighted by atomic mass is 10.1. The average Bonchev–Trinajstić information content (AvgIpc) is 3.51. The van der Waals surface area contributed by atoms with Crippen molar-refractivity contribution in [3.05, 3.63) is 54.0 Å². The first-order chi connectivity index (χ1) is 14.5. The number of furan rings is 1. The molecule has 1 aliphatic carbocycles. The zero-order valence-electron chi connectivity index (χ0n) is 16.6. The van der Waals surface area contributed by atoms with Crippen LogP contribution in [0.2, 0.25) is 0 Å². The molecule has 2 aliphatic rings. The first-order valence-electron chi connectivity index (χ1n) is 9.92. The van der Waals surface area contributed by atoms with Crippen LogP contribution in [0.5, 0.6) is 0 Å². The van der Waals surface area contributed by atoms with Gasteiger partial charge in [0.2, 0.25) is 5.91 Å². The Labute approximate surface area is 173 Å². The largest absolute Gasteiger partial charge is 0.465 e. The molecule has 3 amide bonds. The second kappa shape index (κ2) is 8.14. The van der Waals surface area contributed by atoms with Gasteiger partial charge in [-0.15, -0.1) is 0 Å². The predicted octanol–water partition coefficient (Wildman–Crippen LogP) is 2.78. The molecule has 4 rings (SSSR count). The molecule has 2 aromatic rings. The van der Waals surface area contributed by atoms with Gasteiger partial charge >= 0.3 is 5.97 Å². The number of hydrogen-bond acceptors (Lipinski definition) is 6. The number of esters is 1. The average molecular weight is 410 g/mol. The third-order valence-corrected chi connectivity index (χ3v) is 5.69. The highest BCUT2D eigenvalue weighted by Gasteiger charge is 2.47. The number of carbonyl (C=O) groups is 4. The normalized spacial score (nSPS) is 19.4. The van der Waals surface area contributed by atoms with Crippen molar-refractivity contribution in [1.82, 2.24) is 4.90 Å². The van der Waals surface area contributed by atoms with Crippen molar-refractivity contribution in [1.29, 1.82) is 0 Å². The summed E-state index contributed by atoms with van der Waals surface area (Å²) in [7, 11) is 1.28. The molecule has 30 heavy (non-hydrogen) atoms. The Kier molecular flexibility index (Phi) is 5.39. The van der Waals surface area contributed by atoms with Crippen molar-refractivity contribution in [3.8, 4) is 0 Å². The Morgan fingerprint density at radius 3 is 2.40 bits per heavy atom. The minimum absolute atomic E-state index is 0.0828. The molecule has 2 fully saturated rings. The molecule has 1 aromatic heterocycles. The number of rotatable bonds is 5. The van der Waals surface area contributed by atoms with Gasteiger partial charge in [-0.05, 0) is 49.2 Å². The highest BCUT2D eigenvalue weighted by molar-refractivity contribution is 6.23. The zero-order chi connectivity index (χ0) is 21.3. The second-order valence-electron chi connectivity index (χ2n) is 7.45. The number of methoxy groups -OCH3 is 1. The summed E-state index contributed by atoms with van der Waals surface area (Å²) in [5.74, 6) is -1.55. The lowest BCUT2D eigenvalue weighted by Gasteiger charge is -2.32. The number of benzene rings is 1. The highest BCUT2D eigenvalue weighted by Crippen LogP contribution is 2.33. The van der Waals surface area contributed by atoms with Gasteiger partial charge in [-0.25, -0.2) is 9.69 Å². The maximum Gasteiger partial charge on any atom is 0.337 e. The number of amides is 3. The summed E-state index contributed by atoms with van der Waals surface area (Å²) >= 11 is 0. The van der Waals surface area contributed by atoms with Gasteiger partial charge in [-0.3, -0.25) is 14.4 Å². The molecule has 0 bridgehead atoms. The number of ether oxygens (including phenoxy) is 1. The van der Waals surface area contributed by atoms with Crippen LogP contribution in [-0.4, -0.2) is 47.8 Å². The molecule has 2 heterocycles. The van der Waals surface area contributed by atoms with Gasteiger partial charge in [0.25, 0.3) is 11.8 Å². The molecular formula is C22H22N2O6. The van der Waals surface area contributed by atoms with Gasteiger partial charge in [-0.1, -0.05) is 12.8 Å². The minimum Gasteiger partial charge on any atom is -0.465 e. The number of carbonyl (C=O) groups excluding carboxylic acids is 4. The van der Waals surface area contributed by atoms with Gasteiger partial charge in [0.1, 0.15) is 6.04 Å². The van der Waals surface area contributed by atoms with Crippen molar-refractivity contribution < 1.29 is 28.3 Å². The molecule has 1 aliphatic heterocycles. The third-order valence-electron chi connectivity index (χ3n) is 5.69. The fourth-order valence-electron chi connectivity index (χ4n) is 4.24. The van der Waals surface area contributed by atoms with E-state index in [1.807, 2.05) is 0 Å². The van der Waals surface area contributed by atoms with Crippen LogP contribution < -0.4 is 4.90 Å². The fourth-order valence-corrected chi connectivity index (χ4v) is 4.24.